The van der Waals surface area contributed by atoms with E-state index < -0.39 is 0 Å². The van der Waals surface area contributed by atoms with Crippen LogP contribution in [-0.2, 0) is 0 Å². The molecule has 0 saturated carbocycles. The van der Waals surface area contributed by atoms with E-state index in [-0.39, 0.29) is 24.0 Å². The highest BCUT2D eigenvalue weighted by Gasteiger charge is 2.32. The fraction of sp³-hybridized carbons (Fsp3) is 0.100. The van der Waals surface area contributed by atoms with Crippen LogP contribution in [0.1, 0.15) is 43.2 Å². The van der Waals surface area contributed by atoms with E-state index in [2.05, 4.69) is 296 Å². The average molecular weight is 1160 g/mol. The molecule has 3 N–H and O–H groups in total. The summed E-state index contributed by atoms with van der Waals surface area (Å²) in [6.45, 7) is 0. The second-order valence-corrected chi connectivity index (χ2v) is 22.7. The average Bonchev–Trinajstić information content (AvgIpc) is 1.18. The number of amidine groups is 2. The standard InChI is InChI=1S/C80H69N9/c81-79(59-27-8-1-9-28-59)84-80(60-29-10-2-11-30-60)83-77-52-51-76-58-78(77)82-61-31-22-42-67(53-61)85(62-32-12-3-13-33-62)68-43-23-44-69(54-68)86(63-34-14-4-15-35-63)70-45-24-46-71(55-70)87(64-36-16-5-17-37-64)72-47-25-48-73(56-72)88(65-38-18-6-19-39-65)74-49-26-50-75(57-74)89(76)66-40-20-7-21-41-66/h1-25,27-30,32-46,48-49,51-54,56-58,61,71-72,82H,26,31,47,50,55H2,(H2,81,83,84). The molecule has 5 aliphatic rings. The molecule has 12 bridgehead atoms. The van der Waals surface area contributed by atoms with E-state index in [1.165, 1.54) is 17.1 Å². The third-order valence-corrected chi connectivity index (χ3v) is 16.9. The predicted molar refractivity (Wildman–Crippen MR) is 372 cm³/mol. The monoisotopic (exact) mass is 1160 g/mol. The molecule has 0 fully saturated rings. The molecule has 3 atom stereocenters. The number of nitrogens with one attached hydrogen (secondary N) is 3. The summed E-state index contributed by atoms with van der Waals surface area (Å²) in [6, 6.07) is 89.5. The van der Waals surface area contributed by atoms with Crippen LogP contribution in [0.2, 0.25) is 0 Å². The van der Waals surface area contributed by atoms with Crippen molar-refractivity contribution in [3.8, 4) is 0 Å². The summed E-state index contributed by atoms with van der Waals surface area (Å²) in [5.74, 6) is 0.728. The van der Waals surface area contributed by atoms with E-state index in [1.54, 1.807) is 0 Å². The van der Waals surface area contributed by atoms with E-state index >= 15 is 0 Å². The zero-order chi connectivity index (χ0) is 59.7. The number of fused-ring (bicyclic) bond motifs is 9. The van der Waals surface area contributed by atoms with Gasteiger partial charge in [-0.3, -0.25) is 5.41 Å². The molecular formula is C80H69N9. The number of nitrogens with zero attached hydrogens (tertiary/aromatic N) is 6. The van der Waals surface area contributed by atoms with E-state index in [0.717, 1.165) is 112 Å². The summed E-state index contributed by atoms with van der Waals surface area (Å²) >= 11 is 0. The van der Waals surface area contributed by atoms with Gasteiger partial charge in [0.25, 0.3) is 0 Å². The van der Waals surface area contributed by atoms with Gasteiger partial charge in [-0.05, 0) is 159 Å². The van der Waals surface area contributed by atoms with Gasteiger partial charge >= 0.3 is 0 Å². The van der Waals surface area contributed by atoms with Crippen molar-refractivity contribution >= 4 is 68.5 Å². The van der Waals surface area contributed by atoms with Crippen LogP contribution in [0.25, 0.3) is 0 Å². The van der Waals surface area contributed by atoms with Gasteiger partial charge < -0.3 is 35.1 Å². The Kier molecular flexibility index (Phi) is 16.2. The van der Waals surface area contributed by atoms with Crippen molar-refractivity contribution < 1.29 is 0 Å². The number of aliphatic imine (C=N–C) groups is 1. The van der Waals surface area contributed by atoms with Crippen molar-refractivity contribution in [2.24, 2.45) is 4.99 Å². The highest BCUT2D eigenvalue weighted by molar-refractivity contribution is 6.16. The molecular weight excluding hydrogens is 1090 g/mol. The molecule has 9 nitrogen and oxygen atoms in total. The first-order valence-electron chi connectivity index (χ1n) is 30.9. The van der Waals surface area contributed by atoms with Crippen molar-refractivity contribution in [1.82, 2.24) is 0 Å². The van der Waals surface area contributed by atoms with Crippen molar-refractivity contribution in [2.45, 2.75) is 50.2 Å². The molecule has 1 aliphatic heterocycles. The van der Waals surface area contributed by atoms with Gasteiger partial charge in [0, 0.05) is 91.5 Å². The smallest absolute Gasteiger partial charge is 0.154 e. The van der Waals surface area contributed by atoms with Crippen LogP contribution in [0.5, 0.6) is 0 Å². The Hall–Kier alpha value is -11.2. The molecule has 0 radical (unpaired) electrons. The largest absolute Gasteiger partial charge is 0.377 e. The molecule has 4 aliphatic carbocycles. The van der Waals surface area contributed by atoms with Gasteiger partial charge in [-0.15, -0.1) is 0 Å². The number of allylic oxidation sites excluding steroid dienone is 7. The molecule has 3 unspecified atom stereocenters. The molecule has 0 amide bonds. The zero-order valence-corrected chi connectivity index (χ0v) is 49.6. The lowest BCUT2D eigenvalue weighted by Crippen LogP contribution is -2.44. The zero-order valence-electron chi connectivity index (χ0n) is 49.6. The first kappa shape index (κ1) is 55.7. The molecule has 9 aromatic carbocycles. The van der Waals surface area contributed by atoms with Crippen LogP contribution in [0, 0.1) is 5.41 Å². The lowest BCUT2D eigenvalue weighted by Gasteiger charge is -2.42. The number of hydrogen-bond donors (Lipinski definition) is 3. The van der Waals surface area contributed by atoms with Gasteiger partial charge in [0.1, 0.15) is 5.84 Å². The minimum absolute atomic E-state index is 0.0135. The maximum atomic E-state index is 9.29. The van der Waals surface area contributed by atoms with Crippen LogP contribution in [0.3, 0.4) is 0 Å². The molecule has 9 heteroatoms. The van der Waals surface area contributed by atoms with E-state index in [4.69, 9.17) is 4.99 Å². The highest BCUT2D eigenvalue weighted by atomic mass is 15.2. The number of benzene rings is 9. The number of para-hydroxylation sites is 5. The summed E-state index contributed by atoms with van der Waals surface area (Å²) in [5.41, 5.74) is 17.5. The molecule has 0 spiro atoms. The molecule has 0 saturated heterocycles. The van der Waals surface area contributed by atoms with Crippen LogP contribution in [-0.4, -0.2) is 29.8 Å². The van der Waals surface area contributed by atoms with Crippen LogP contribution in [0.15, 0.2) is 355 Å². The second kappa shape index (κ2) is 25.8. The third-order valence-electron chi connectivity index (χ3n) is 16.9. The lowest BCUT2D eigenvalue weighted by molar-refractivity contribution is 0.600. The van der Waals surface area contributed by atoms with Crippen LogP contribution >= 0.6 is 0 Å². The van der Waals surface area contributed by atoms with Gasteiger partial charge in [-0.2, -0.15) is 0 Å². The summed E-state index contributed by atoms with van der Waals surface area (Å²) < 4.78 is 0. The van der Waals surface area contributed by atoms with Crippen molar-refractivity contribution in [1.29, 1.82) is 5.41 Å². The second-order valence-electron chi connectivity index (χ2n) is 22.7. The van der Waals surface area contributed by atoms with Crippen molar-refractivity contribution in [3.05, 3.63) is 361 Å². The van der Waals surface area contributed by atoms with E-state index in [1.807, 2.05) is 60.7 Å². The van der Waals surface area contributed by atoms with Gasteiger partial charge in [0.15, 0.2) is 5.84 Å². The first-order valence-corrected chi connectivity index (χ1v) is 30.9. The third kappa shape index (κ3) is 12.2. The van der Waals surface area contributed by atoms with Gasteiger partial charge in [-0.1, -0.05) is 188 Å². The molecule has 9 aromatic rings. The van der Waals surface area contributed by atoms with E-state index in [9.17, 15) is 5.41 Å². The Morgan fingerprint density at radius 1 is 0.461 bits per heavy atom. The van der Waals surface area contributed by atoms with Crippen LogP contribution < -0.4 is 35.1 Å². The lowest BCUT2D eigenvalue weighted by atomic mass is 9.95. The number of anilines is 10. The molecule has 434 valence electrons. The Morgan fingerprint density at radius 3 is 1.62 bits per heavy atom. The maximum Gasteiger partial charge on any atom is 0.154 e. The van der Waals surface area contributed by atoms with Gasteiger partial charge in [-0.25, -0.2) is 4.99 Å². The van der Waals surface area contributed by atoms with E-state index in [0.29, 0.717) is 5.84 Å². The summed E-state index contributed by atoms with van der Waals surface area (Å²) in [4.78, 5) is 17.4. The molecule has 89 heavy (non-hydrogen) atoms. The fourth-order valence-corrected chi connectivity index (χ4v) is 12.8. The molecule has 1 heterocycles. The van der Waals surface area contributed by atoms with Crippen molar-refractivity contribution in [3.63, 3.8) is 0 Å². The Labute approximate surface area is 522 Å². The van der Waals surface area contributed by atoms with Gasteiger partial charge in [0.05, 0.1) is 29.5 Å². The topological polar surface area (TPSA) is 76.5 Å². The minimum Gasteiger partial charge on any atom is -0.377 e. The quantitative estimate of drug-likeness (QED) is 0.103. The first-order chi connectivity index (χ1) is 44.0. The minimum atomic E-state index is -0.149. The number of rotatable bonds is 8. The SMILES string of the molecule is N=C(N=C(Nc1ccc2cc1NC1C=C(C=CC1)N(c1ccccc1)c1cccc(c1)N(c1ccccc1)C1=CC=CC(C1)N(c1ccccc1)C1C=C(C=CC1)N(c1ccccc1)C1=CCCC(=C1)N2c1ccccc1)c1ccccc1)c1ccccc1. The van der Waals surface area contributed by atoms with Gasteiger partial charge in [0.2, 0.25) is 0 Å². The maximum absolute atomic E-state index is 9.29. The Bertz CT molecular complexity index is 4270. The molecule has 14 rings (SSSR count). The highest BCUT2D eigenvalue weighted by Crippen LogP contribution is 2.44. The summed E-state index contributed by atoms with van der Waals surface area (Å²) in [5, 5.41) is 17.2. The number of hydrogen-bond acceptors (Lipinski definition) is 7. The summed E-state index contributed by atoms with van der Waals surface area (Å²) in [7, 11) is 0. The normalized spacial score (nSPS) is 18.3. The van der Waals surface area contributed by atoms with Crippen LogP contribution in [0.4, 0.5) is 56.9 Å². The predicted octanol–water partition coefficient (Wildman–Crippen LogP) is 19.3. The Morgan fingerprint density at radius 2 is 0.978 bits per heavy atom. The fourth-order valence-electron chi connectivity index (χ4n) is 12.8. The van der Waals surface area contributed by atoms with Crippen molar-refractivity contribution in [2.75, 3.05) is 35.1 Å². The molecule has 0 aromatic heterocycles. The Balaban J connectivity index is 0.973. The summed E-state index contributed by atoms with van der Waals surface area (Å²) in [6.07, 6.45) is 29.9.